The van der Waals surface area contributed by atoms with Crippen LogP contribution in [0.4, 0.5) is 10.1 Å². The van der Waals surface area contributed by atoms with Gasteiger partial charge in [0.05, 0.1) is 11.4 Å². The minimum absolute atomic E-state index is 0.138. The highest BCUT2D eigenvalue weighted by Gasteiger charge is 2.35. The van der Waals surface area contributed by atoms with Gasteiger partial charge in [0.25, 0.3) is 0 Å². The Labute approximate surface area is 227 Å². The maximum Gasteiger partial charge on any atom is 0.220 e. The number of aromatic nitrogens is 1. The van der Waals surface area contributed by atoms with Gasteiger partial charge in [0.1, 0.15) is 5.82 Å². The Bertz CT molecular complexity index is 1010. The van der Waals surface area contributed by atoms with Crippen LogP contribution in [0.2, 0.25) is 0 Å². The van der Waals surface area contributed by atoms with Crippen LogP contribution in [-0.4, -0.2) is 72.5 Å². The first-order valence-corrected chi connectivity index (χ1v) is 14.8. The number of carbonyl (C=O) groups excluding carboxylic acids is 1. The molecule has 3 aliphatic rings. The second-order valence-electron chi connectivity index (χ2n) is 11.5. The summed E-state index contributed by atoms with van der Waals surface area (Å²) < 4.78 is 14.4. The molecule has 1 aromatic carbocycles. The van der Waals surface area contributed by atoms with E-state index in [1.165, 1.54) is 32.1 Å². The smallest absolute Gasteiger partial charge is 0.220 e. The van der Waals surface area contributed by atoms with E-state index in [1.807, 2.05) is 24.4 Å². The van der Waals surface area contributed by atoms with E-state index in [0.717, 1.165) is 70.9 Å². The highest BCUT2D eigenvalue weighted by Crippen LogP contribution is 2.29. The van der Waals surface area contributed by atoms with Crippen LogP contribution in [0, 0.1) is 17.7 Å². The monoisotopic (exact) mass is 521 g/mol. The molecule has 2 aromatic rings. The summed E-state index contributed by atoms with van der Waals surface area (Å²) in [6.45, 7) is 7.28. The molecule has 2 saturated heterocycles. The SMILES string of the molecule is O=C(CC[C@H]1CN(Cc2ccccn2)CC[C@H]1N1CCN(c2ccccc2F)CC1)NCC1CCCCC1. The van der Waals surface area contributed by atoms with E-state index in [2.05, 4.69) is 37.1 Å². The van der Waals surface area contributed by atoms with Crippen molar-refractivity contribution in [2.45, 2.75) is 64.0 Å². The minimum Gasteiger partial charge on any atom is -0.367 e. The molecule has 3 heterocycles. The van der Waals surface area contributed by atoms with Crippen LogP contribution in [0.5, 0.6) is 0 Å². The molecule has 6 nitrogen and oxygen atoms in total. The summed E-state index contributed by atoms with van der Waals surface area (Å²) in [4.78, 5) is 24.7. The van der Waals surface area contributed by atoms with E-state index in [4.69, 9.17) is 0 Å². The third kappa shape index (κ3) is 7.32. The molecule has 0 unspecified atom stereocenters. The molecule has 2 aliphatic heterocycles. The highest BCUT2D eigenvalue weighted by atomic mass is 19.1. The highest BCUT2D eigenvalue weighted by molar-refractivity contribution is 5.75. The number of likely N-dealkylation sites (tertiary alicyclic amines) is 1. The molecular formula is C31H44FN5O. The van der Waals surface area contributed by atoms with Crippen LogP contribution >= 0.6 is 0 Å². The molecule has 7 heteroatoms. The van der Waals surface area contributed by atoms with Crippen molar-refractivity contribution in [2.75, 3.05) is 50.7 Å². The number of hydrogen-bond donors (Lipinski definition) is 1. The average molecular weight is 522 g/mol. The van der Waals surface area contributed by atoms with Crippen molar-refractivity contribution in [1.29, 1.82) is 0 Å². The lowest BCUT2D eigenvalue weighted by atomic mass is 9.86. The molecule has 1 N–H and O–H groups in total. The van der Waals surface area contributed by atoms with E-state index >= 15 is 0 Å². The molecule has 1 amide bonds. The number of benzene rings is 1. The van der Waals surface area contributed by atoms with Gasteiger partial charge >= 0.3 is 0 Å². The molecule has 1 aromatic heterocycles. The van der Waals surface area contributed by atoms with E-state index in [0.29, 0.717) is 30.0 Å². The van der Waals surface area contributed by atoms with Crippen molar-refractivity contribution >= 4 is 11.6 Å². The Morgan fingerprint density at radius 2 is 1.74 bits per heavy atom. The lowest BCUT2D eigenvalue weighted by Gasteiger charge is -2.47. The summed E-state index contributed by atoms with van der Waals surface area (Å²) >= 11 is 0. The number of carbonyl (C=O) groups is 1. The van der Waals surface area contributed by atoms with Crippen LogP contribution in [0.1, 0.15) is 57.1 Å². The fourth-order valence-electron chi connectivity index (χ4n) is 6.78. The van der Waals surface area contributed by atoms with Gasteiger partial charge in [-0.25, -0.2) is 4.39 Å². The fraction of sp³-hybridized carbons (Fsp3) is 0.613. The predicted octanol–water partition coefficient (Wildman–Crippen LogP) is 4.71. The summed E-state index contributed by atoms with van der Waals surface area (Å²) in [5.41, 5.74) is 1.82. The van der Waals surface area contributed by atoms with Gasteiger partial charge < -0.3 is 10.2 Å². The first kappa shape index (κ1) is 27.1. The Morgan fingerprint density at radius 3 is 2.50 bits per heavy atom. The Balaban J connectivity index is 1.17. The summed E-state index contributed by atoms with van der Waals surface area (Å²) in [6.07, 6.45) is 10.9. The summed E-state index contributed by atoms with van der Waals surface area (Å²) in [7, 11) is 0. The predicted molar refractivity (Wildman–Crippen MR) is 150 cm³/mol. The number of piperazine rings is 1. The number of hydrogen-bond acceptors (Lipinski definition) is 5. The van der Waals surface area contributed by atoms with Crippen LogP contribution in [0.25, 0.3) is 0 Å². The average Bonchev–Trinajstić information content (AvgIpc) is 2.97. The molecule has 38 heavy (non-hydrogen) atoms. The van der Waals surface area contributed by atoms with Gasteiger partial charge in [-0.15, -0.1) is 0 Å². The maximum atomic E-state index is 14.4. The van der Waals surface area contributed by atoms with Gasteiger partial charge in [0, 0.05) is 71.0 Å². The minimum atomic E-state index is -0.138. The van der Waals surface area contributed by atoms with Crippen LogP contribution < -0.4 is 10.2 Å². The zero-order chi connectivity index (χ0) is 26.2. The number of amides is 1. The lowest BCUT2D eigenvalue weighted by Crippen LogP contribution is -2.57. The van der Waals surface area contributed by atoms with Crippen LogP contribution in [-0.2, 0) is 11.3 Å². The van der Waals surface area contributed by atoms with Crippen molar-refractivity contribution in [1.82, 2.24) is 20.1 Å². The third-order valence-corrected chi connectivity index (χ3v) is 8.92. The zero-order valence-electron chi connectivity index (χ0n) is 22.7. The zero-order valence-corrected chi connectivity index (χ0v) is 22.7. The summed E-state index contributed by atoms with van der Waals surface area (Å²) in [5.74, 6) is 1.17. The fourth-order valence-corrected chi connectivity index (χ4v) is 6.78. The van der Waals surface area contributed by atoms with Gasteiger partial charge in [0.15, 0.2) is 0 Å². The van der Waals surface area contributed by atoms with E-state index < -0.39 is 0 Å². The van der Waals surface area contributed by atoms with E-state index in [9.17, 15) is 9.18 Å². The number of anilines is 1. The largest absolute Gasteiger partial charge is 0.367 e. The standard InChI is InChI=1S/C31H44FN5O/c32-28-11-4-5-12-30(28)37-20-18-36(19-21-37)29-15-17-35(24-27-10-6-7-16-33-27)23-26(29)13-14-31(38)34-22-25-8-2-1-3-9-25/h4-7,10-12,16,25-26,29H,1-3,8-9,13-15,17-24H2,(H,34,38)/t26-,29+/m0/s1. The van der Waals surface area contributed by atoms with Gasteiger partial charge in [-0.1, -0.05) is 37.5 Å². The Morgan fingerprint density at radius 1 is 0.947 bits per heavy atom. The number of nitrogens with one attached hydrogen (secondary N) is 1. The molecule has 0 spiro atoms. The molecule has 0 bridgehead atoms. The Hall–Kier alpha value is -2.51. The number of pyridine rings is 1. The number of nitrogens with zero attached hydrogens (tertiary/aromatic N) is 4. The molecular weight excluding hydrogens is 477 g/mol. The first-order chi connectivity index (χ1) is 18.7. The molecule has 206 valence electrons. The van der Waals surface area contributed by atoms with E-state index in [-0.39, 0.29) is 11.7 Å². The van der Waals surface area contributed by atoms with Gasteiger partial charge in [-0.2, -0.15) is 0 Å². The second kappa shape index (κ2) is 13.5. The van der Waals surface area contributed by atoms with Gasteiger partial charge in [0.2, 0.25) is 5.91 Å². The molecule has 2 atom stereocenters. The van der Waals surface area contributed by atoms with Gasteiger partial charge in [-0.3, -0.25) is 19.6 Å². The molecule has 1 saturated carbocycles. The van der Waals surface area contributed by atoms with Crippen LogP contribution in [0.15, 0.2) is 48.7 Å². The summed E-state index contributed by atoms with van der Waals surface area (Å²) in [5, 5.41) is 3.25. The lowest BCUT2D eigenvalue weighted by molar-refractivity contribution is -0.121. The normalized spacial score (nSPS) is 23.9. The number of rotatable bonds is 9. The molecule has 1 aliphatic carbocycles. The van der Waals surface area contributed by atoms with E-state index in [1.54, 1.807) is 12.1 Å². The molecule has 3 fully saturated rings. The number of piperidine rings is 1. The number of para-hydroxylation sites is 1. The Kier molecular flexibility index (Phi) is 9.63. The first-order valence-electron chi connectivity index (χ1n) is 14.8. The topological polar surface area (TPSA) is 51.7 Å². The molecule has 0 radical (unpaired) electrons. The third-order valence-electron chi connectivity index (χ3n) is 8.92. The van der Waals surface area contributed by atoms with Crippen molar-refractivity contribution in [2.24, 2.45) is 11.8 Å². The quantitative estimate of drug-likeness (QED) is 0.518. The van der Waals surface area contributed by atoms with Crippen molar-refractivity contribution in [3.63, 3.8) is 0 Å². The van der Waals surface area contributed by atoms with Gasteiger partial charge in [-0.05, 0) is 61.8 Å². The number of halogens is 1. The maximum absolute atomic E-state index is 14.4. The van der Waals surface area contributed by atoms with Crippen molar-refractivity contribution in [3.8, 4) is 0 Å². The van der Waals surface area contributed by atoms with Crippen molar-refractivity contribution in [3.05, 3.63) is 60.2 Å². The summed E-state index contributed by atoms with van der Waals surface area (Å²) in [6, 6.07) is 13.7. The molecule has 5 rings (SSSR count). The van der Waals surface area contributed by atoms with Crippen LogP contribution in [0.3, 0.4) is 0 Å². The second-order valence-corrected chi connectivity index (χ2v) is 11.5. The van der Waals surface area contributed by atoms with Crippen molar-refractivity contribution < 1.29 is 9.18 Å².